The van der Waals surface area contributed by atoms with Crippen LogP contribution in [0, 0.1) is 0 Å². The van der Waals surface area contributed by atoms with Crippen LogP contribution in [0.1, 0.15) is 158 Å². The van der Waals surface area contributed by atoms with Gasteiger partial charge in [-0.05, 0) is 0 Å². The monoisotopic (exact) mass is 724 g/mol. The average Bonchev–Trinajstić information content (AvgIpc) is 2.97. The molecule has 4 heteroatoms. The molecule has 0 heterocycles. The Hall–Kier alpha value is -2.81. The summed E-state index contributed by atoms with van der Waals surface area (Å²) in [5.41, 5.74) is 8.36. The average molecular weight is 725 g/mol. The van der Waals surface area contributed by atoms with Crippen molar-refractivity contribution in [1.82, 2.24) is 0 Å². The Labute approximate surface area is 317 Å². The number of rotatable bonds is 4. The van der Waals surface area contributed by atoms with Crippen LogP contribution in [0.2, 0.25) is 0 Å². The molecule has 284 valence electrons. The van der Waals surface area contributed by atoms with Crippen molar-refractivity contribution in [1.29, 1.82) is 0 Å². The van der Waals surface area contributed by atoms with Crippen LogP contribution in [-0.2, 0) is 32.5 Å². The Bertz CT molecular complexity index is 1790. The summed E-state index contributed by atoms with van der Waals surface area (Å²) in [5, 5.41) is 0.397. The zero-order chi connectivity index (χ0) is 39.9. The van der Waals surface area contributed by atoms with E-state index in [1.165, 1.54) is 11.1 Å². The summed E-state index contributed by atoms with van der Waals surface area (Å²) in [7, 11) is -5.86. The fraction of sp³-hybridized carbons (Fsp3) is 0.500. The van der Waals surface area contributed by atoms with Crippen molar-refractivity contribution in [3.05, 3.63) is 106 Å². The molecule has 0 aliphatic rings. The van der Waals surface area contributed by atoms with Gasteiger partial charge >= 0.3 is 318 Å². The van der Waals surface area contributed by atoms with Gasteiger partial charge in [-0.25, -0.2) is 0 Å². The van der Waals surface area contributed by atoms with Gasteiger partial charge in [-0.1, -0.05) is 0 Å². The first kappa shape index (κ1) is 41.9. The molecule has 0 atom stereocenters. The van der Waals surface area contributed by atoms with Crippen molar-refractivity contribution < 1.29 is 14.7 Å². The van der Waals surface area contributed by atoms with Gasteiger partial charge in [0.15, 0.2) is 0 Å². The number of benzene rings is 4. The van der Waals surface area contributed by atoms with Gasteiger partial charge in [0.05, 0.1) is 0 Å². The molecule has 0 fully saturated rings. The van der Waals surface area contributed by atoms with Crippen LogP contribution in [0.4, 0.5) is 0 Å². The van der Waals surface area contributed by atoms with Crippen molar-refractivity contribution in [2.45, 2.75) is 157 Å². The number of hydrogen-bond acceptors (Lipinski definition) is 3. The van der Waals surface area contributed by atoms with Gasteiger partial charge in [0.25, 0.3) is 0 Å². The van der Waals surface area contributed by atoms with E-state index in [9.17, 15) is 14.7 Å². The molecule has 4 rings (SSSR count). The second kappa shape index (κ2) is 12.9. The molecule has 0 bridgehead atoms. The van der Waals surface area contributed by atoms with Crippen LogP contribution >= 0.6 is 7.28 Å². The fourth-order valence-electron chi connectivity index (χ4n) is 7.64. The molecule has 4 aromatic carbocycles. The van der Waals surface area contributed by atoms with Gasteiger partial charge < -0.3 is 0 Å². The molecule has 0 saturated heterocycles. The van der Waals surface area contributed by atoms with E-state index in [-0.39, 0.29) is 32.3 Å². The minimum absolute atomic E-state index is 0.0134. The molecule has 0 spiro atoms. The topological polar surface area (TPSA) is 60.7 Å². The molecule has 0 amide bonds. The first-order chi connectivity index (χ1) is 23.2. The minimum atomic E-state index is -5.86. The van der Waals surface area contributed by atoms with Crippen LogP contribution in [-0.4, -0.2) is 14.7 Å². The van der Waals surface area contributed by atoms with E-state index in [0.29, 0.717) is 0 Å². The van der Waals surface area contributed by atoms with Crippen LogP contribution in [0.3, 0.4) is 0 Å². The molecule has 0 aromatic heterocycles. The van der Waals surface area contributed by atoms with E-state index >= 15 is 0 Å². The van der Waals surface area contributed by atoms with Crippen molar-refractivity contribution in [3.8, 4) is 22.3 Å². The fourth-order valence-corrected chi connectivity index (χ4v) is 10.3. The standard InChI is InChI=1S/C48H69O3P/c1-43(2,3)33-23-19-31(20-24-33)39-35(45(7,8)9)27-29-37(41(39)47(13,14)15)52(49,50,51)38-30-28-36(46(10,11)12)40(42(38)48(16,17)18)32-21-25-34(26-22-32)44(4,5)6/h19-30,49-51H,1-18H3. The molecule has 3 nitrogen and oxygen atoms in total. The van der Waals surface area contributed by atoms with Crippen molar-refractivity contribution in [2.75, 3.05) is 0 Å². The third-order valence-electron chi connectivity index (χ3n) is 10.4. The van der Waals surface area contributed by atoms with Crippen molar-refractivity contribution in [3.63, 3.8) is 0 Å². The Kier molecular flexibility index (Phi) is 10.4. The van der Waals surface area contributed by atoms with Crippen molar-refractivity contribution >= 4 is 17.9 Å². The molecular weight excluding hydrogens is 655 g/mol. The van der Waals surface area contributed by atoms with E-state index in [1.807, 2.05) is 12.1 Å². The first-order valence-electron chi connectivity index (χ1n) is 19.0. The van der Waals surface area contributed by atoms with Crippen LogP contribution in [0.25, 0.3) is 22.3 Å². The van der Waals surface area contributed by atoms with E-state index < -0.39 is 18.1 Å². The maximum absolute atomic E-state index is 13.1. The van der Waals surface area contributed by atoms with Gasteiger partial charge in [0.2, 0.25) is 0 Å². The van der Waals surface area contributed by atoms with Gasteiger partial charge in [0, 0.05) is 0 Å². The summed E-state index contributed by atoms with van der Waals surface area (Å²) >= 11 is 0. The van der Waals surface area contributed by atoms with E-state index in [1.54, 1.807) is 12.1 Å². The van der Waals surface area contributed by atoms with Gasteiger partial charge in [-0.2, -0.15) is 0 Å². The first-order valence-corrected chi connectivity index (χ1v) is 21.1. The molecule has 0 unspecified atom stereocenters. The summed E-state index contributed by atoms with van der Waals surface area (Å²) < 4.78 is 0. The summed E-state index contributed by atoms with van der Waals surface area (Å²) in [4.78, 5) is 39.3. The van der Waals surface area contributed by atoms with E-state index in [2.05, 4.69) is 173 Å². The molecule has 3 N–H and O–H groups in total. The summed E-state index contributed by atoms with van der Waals surface area (Å²) in [6.07, 6.45) is 0. The van der Waals surface area contributed by atoms with Gasteiger partial charge in [-0.15, -0.1) is 0 Å². The quantitative estimate of drug-likeness (QED) is 0.184. The van der Waals surface area contributed by atoms with Gasteiger partial charge in [0.1, 0.15) is 0 Å². The second-order valence-corrected chi connectivity index (χ2v) is 24.3. The zero-order valence-corrected chi connectivity index (χ0v) is 36.6. The number of hydrogen-bond donors (Lipinski definition) is 3. The third-order valence-corrected chi connectivity index (χ3v) is 13.0. The van der Waals surface area contributed by atoms with Crippen molar-refractivity contribution in [2.24, 2.45) is 0 Å². The zero-order valence-electron chi connectivity index (χ0n) is 35.7. The predicted octanol–water partition coefficient (Wildman–Crippen LogP) is 12.0. The summed E-state index contributed by atoms with van der Waals surface area (Å²) in [6.45, 7) is 39.0. The Morgan fingerprint density at radius 2 is 0.596 bits per heavy atom. The van der Waals surface area contributed by atoms with Crippen LogP contribution in [0.15, 0.2) is 72.8 Å². The Balaban J connectivity index is 2.23. The third kappa shape index (κ3) is 8.14. The maximum atomic E-state index is 13.1. The van der Waals surface area contributed by atoms with Crippen LogP contribution < -0.4 is 10.6 Å². The Morgan fingerprint density at radius 1 is 0.327 bits per heavy atom. The molecule has 0 aliphatic carbocycles. The molecule has 4 aromatic rings. The SMILES string of the molecule is CC(C)(C)c1ccc(-c2c(C(C)(C)C)ccc(P(O)(O)(O)c3ccc(C(C)(C)C)c(-c4ccc(C(C)(C)C)cc4)c3C(C)(C)C)c2C(C)(C)C)cc1. The predicted molar refractivity (Wildman–Crippen MR) is 229 cm³/mol. The van der Waals surface area contributed by atoms with Gasteiger partial charge in [-0.3, -0.25) is 0 Å². The van der Waals surface area contributed by atoms with Crippen LogP contribution in [0.5, 0.6) is 0 Å². The van der Waals surface area contributed by atoms with E-state index in [4.69, 9.17) is 0 Å². The Morgan fingerprint density at radius 3 is 0.808 bits per heavy atom. The normalized spacial score (nSPS) is 14.7. The second-order valence-electron chi connectivity index (χ2n) is 21.4. The molecule has 0 aliphatic heterocycles. The molecular formula is C48H69O3P. The molecule has 0 radical (unpaired) electrons. The summed E-state index contributed by atoms with van der Waals surface area (Å²) in [6, 6.07) is 25.0. The molecule has 0 saturated carbocycles. The van der Waals surface area contributed by atoms with E-state index in [0.717, 1.165) is 44.5 Å². The molecule has 52 heavy (non-hydrogen) atoms. The summed E-state index contributed by atoms with van der Waals surface area (Å²) in [5.74, 6) is 0.